The zero-order valence-corrected chi connectivity index (χ0v) is 12.8. The van der Waals surface area contributed by atoms with E-state index in [0.717, 1.165) is 35.9 Å². The molecule has 1 aromatic carbocycles. The van der Waals surface area contributed by atoms with Crippen LogP contribution in [0.2, 0.25) is 0 Å². The van der Waals surface area contributed by atoms with Crippen LogP contribution < -0.4 is 10.9 Å². The number of rotatable bonds is 7. The first kappa shape index (κ1) is 15.7. The summed E-state index contributed by atoms with van der Waals surface area (Å²) in [5, 5.41) is 13.3. The number of hydrogen-bond acceptors (Lipinski definition) is 3. The summed E-state index contributed by atoms with van der Waals surface area (Å²) in [6, 6.07) is 9.74. The van der Waals surface area contributed by atoms with Crippen molar-refractivity contribution in [1.82, 2.24) is 10.3 Å². The molecule has 1 heterocycles. The number of pyridine rings is 1. The molecule has 1 aromatic heterocycles. The lowest BCUT2D eigenvalue weighted by Crippen LogP contribution is -2.31. The molecule has 0 saturated carbocycles. The topological polar surface area (TPSA) is 65.1 Å². The highest BCUT2D eigenvalue weighted by Gasteiger charge is 2.16. The highest BCUT2D eigenvalue weighted by Crippen LogP contribution is 2.20. The minimum absolute atomic E-state index is 0.0330. The standard InChI is InChI=1S/C17H24N2O2/c1-17(2,8-5-9-20)12-18-11-14-10-13-6-3-4-7-15(13)19-16(14)21/h3-4,6-7,10,18,20H,5,8-9,11-12H2,1-2H3,(H,19,21). The predicted molar refractivity (Wildman–Crippen MR) is 86.4 cm³/mol. The second kappa shape index (κ2) is 6.87. The molecule has 0 aliphatic heterocycles. The van der Waals surface area contributed by atoms with Crippen molar-refractivity contribution in [2.45, 2.75) is 33.2 Å². The lowest BCUT2D eigenvalue weighted by Gasteiger charge is -2.24. The van der Waals surface area contributed by atoms with Gasteiger partial charge in [-0.05, 0) is 35.8 Å². The van der Waals surface area contributed by atoms with Gasteiger partial charge in [0.25, 0.3) is 5.56 Å². The summed E-state index contributed by atoms with van der Waals surface area (Å²) in [7, 11) is 0. The fourth-order valence-corrected chi connectivity index (χ4v) is 2.51. The molecule has 3 N–H and O–H groups in total. The van der Waals surface area contributed by atoms with Gasteiger partial charge in [-0.15, -0.1) is 0 Å². The van der Waals surface area contributed by atoms with E-state index < -0.39 is 0 Å². The van der Waals surface area contributed by atoms with E-state index in [1.54, 1.807) is 0 Å². The summed E-state index contributed by atoms with van der Waals surface area (Å²) >= 11 is 0. The smallest absolute Gasteiger partial charge is 0.252 e. The van der Waals surface area contributed by atoms with Crippen LogP contribution >= 0.6 is 0 Å². The first-order chi connectivity index (χ1) is 10.0. The molecule has 114 valence electrons. The van der Waals surface area contributed by atoms with Crippen LogP contribution in [0.5, 0.6) is 0 Å². The first-order valence-corrected chi connectivity index (χ1v) is 7.44. The Morgan fingerprint density at radius 1 is 1.29 bits per heavy atom. The van der Waals surface area contributed by atoms with E-state index in [0.29, 0.717) is 6.54 Å². The molecule has 0 unspecified atom stereocenters. The molecule has 4 heteroatoms. The number of hydrogen-bond donors (Lipinski definition) is 3. The van der Waals surface area contributed by atoms with Crippen molar-refractivity contribution in [3.63, 3.8) is 0 Å². The van der Waals surface area contributed by atoms with E-state index in [1.165, 1.54) is 0 Å². The van der Waals surface area contributed by atoms with E-state index >= 15 is 0 Å². The van der Waals surface area contributed by atoms with E-state index in [9.17, 15) is 4.79 Å². The number of nitrogens with one attached hydrogen (secondary N) is 2. The van der Waals surface area contributed by atoms with Gasteiger partial charge in [-0.1, -0.05) is 32.0 Å². The molecule has 0 fully saturated rings. The molecule has 0 spiro atoms. The number of aliphatic hydroxyl groups excluding tert-OH is 1. The highest BCUT2D eigenvalue weighted by atomic mass is 16.2. The van der Waals surface area contributed by atoms with Crippen LogP contribution in [0.4, 0.5) is 0 Å². The number of H-pyrrole nitrogens is 1. The molecule has 4 nitrogen and oxygen atoms in total. The lowest BCUT2D eigenvalue weighted by atomic mass is 9.88. The fourth-order valence-electron chi connectivity index (χ4n) is 2.51. The van der Waals surface area contributed by atoms with Crippen molar-refractivity contribution in [3.8, 4) is 0 Å². The maximum absolute atomic E-state index is 12.0. The van der Waals surface area contributed by atoms with Crippen LogP contribution in [0, 0.1) is 5.41 Å². The van der Waals surface area contributed by atoms with Crippen molar-refractivity contribution >= 4 is 10.9 Å². The van der Waals surface area contributed by atoms with Crippen LogP contribution in [0.15, 0.2) is 35.1 Å². The number of aromatic amines is 1. The van der Waals surface area contributed by atoms with Gasteiger partial charge in [0, 0.05) is 30.8 Å². The van der Waals surface area contributed by atoms with Gasteiger partial charge in [-0.3, -0.25) is 4.79 Å². The average molecular weight is 288 g/mol. The molecule has 0 aliphatic carbocycles. The van der Waals surface area contributed by atoms with Crippen molar-refractivity contribution in [3.05, 3.63) is 46.2 Å². The van der Waals surface area contributed by atoms with Crippen LogP contribution in [0.3, 0.4) is 0 Å². The van der Waals surface area contributed by atoms with Gasteiger partial charge in [-0.2, -0.15) is 0 Å². The van der Waals surface area contributed by atoms with Gasteiger partial charge in [-0.25, -0.2) is 0 Å². The number of para-hydroxylation sites is 1. The highest BCUT2D eigenvalue weighted by molar-refractivity contribution is 5.78. The fraction of sp³-hybridized carbons (Fsp3) is 0.471. The van der Waals surface area contributed by atoms with E-state index in [-0.39, 0.29) is 17.6 Å². The SMILES string of the molecule is CC(C)(CCCO)CNCc1cc2ccccc2[nH]c1=O. The van der Waals surface area contributed by atoms with Crippen molar-refractivity contribution in [2.75, 3.05) is 13.2 Å². The zero-order chi connectivity index (χ0) is 15.3. The van der Waals surface area contributed by atoms with Crippen LogP contribution in [0.25, 0.3) is 10.9 Å². The summed E-state index contributed by atoms with van der Waals surface area (Å²) in [6.07, 6.45) is 1.77. The zero-order valence-electron chi connectivity index (χ0n) is 12.8. The lowest BCUT2D eigenvalue weighted by molar-refractivity contribution is 0.236. The Labute approximate surface area is 125 Å². The van der Waals surface area contributed by atoms with Gasteiger partial charge in [0.1, 0.15) is 0 Å². The van der Waals surface area contributed by atoms with Crippen molar-refractivity contribution in [2.24, 2.45) is 5.41 Å². The Balaban J connectivity index is 2.00. The molecular weight excluding hydrogens is 264 g/mol. The second-order valence-corrected chi connectivity index (χ2v) is 6.31. The molecule has 0 radical (unpaired) electrons. The molecule has 0 saturated heterocycles. The van der Waals surface area contributed by atoms with Gasteiger partial charge < -0.3 is 15.4 Å². The Morgan fingerprint density at radius 3 is 2.81 bits per heavy atom. The number of aromatic nitrogens is 1. The number of fused-ring (bicyclic) bond motifs is 1. The Kier molecular flexibility index (Phi) is 5.15. The van der Waals surface area contributed by atoms with E-state index in [1.807, 2.05) is 30.3 Å². The second-order valence-electron chi connectivity index (χ2n) is 6.31. The maximum atomic E-state index is 12.0. The summed E-state index contributed by atoms with van der Waals surface area (Å²) in [6.45, 7) is 5.94. The molecule has 2 aromatic rings. The minimum Gasteiger partial charge on any atom is -0.396 e. The molecular formula is C17H24N2O2. The van der Waals surface area contributed by atoms with E-state index in [4.69, 9.17) is 5.11 Å². The molecule has 0 aliphatic rings. The molecule has 0 bridgehead atoms. The number of benzene rings is 1. The Bertz CT molecular complexity index is 647. The average Bonchev–Trinajstić information content (AvgIpc) is 2.45. The summed E-state index contributed by atoms with van der Waals surface area (Å²) in [4.78, 5) is 14.9. The maximum Gasteiger partial charge on any atom is 0.252 e. The van der Waals surface area contributed by atoms with Crippen molar-refractivity contribution in [1.29, 1.82) is 0 Å². The van der Waals surface area contributed by atoms with Gasteiger partial charge in [0.05, 0.1) is 0 Å². The largest absolute Gasteiger partial charge is 0.396 e. The van der Waals surface area contributed by atoms with Gasteiger partial charge >= 0.3 is 0 Å². The van der Waals surface area contributed by atoms with Crippen LogP contribution in [-0.2, 0) is 6.54 Å². The minimum atomic E-state index is -0.0330. The molecule has 0 atom stereocenters. The summed E-state index contributed by atoms with van der Waals surface area (Å²) < 4.78 is 0. The normalized spacial score (nSPS) is 12.0. The number of aliphatic hydroxyl groups is 1. The van der Waals surface area contributed by atoms with Crippen molar-refractivity contribution < 1.29 is 5.11 Å². The third-order valence-corrected chi connectivity index (χ3v) is 3.76. The molecule has 0 amide bonds. The molecule has 21 heavy (non-hydrogen) atoms. The third-order valence-electron chi connectivity index (χ3n) is 3.76. The third kappa shape index (κ3) is 4.41. The summed E-state index contributed by atoms with van der Waals surface area (Å²) in [5.74, 6) is 0. The quantitative estimate of drug-likeness (QED) is 0.733. The predicted octanol–water partition coefficient (Wildman–Crippen LogP) is 2.42. The van der Waals surface area contributed by atoms with Crippen LogP contribution in [0.1, 0.15) is 32.3 Å². The van der Waals surface area contributed by atoms with Crippen LogP contribution in [-0.4, -0.2) is 23.2 Å². The van der Waals surface area contributed by atoms with Gasteiger partial charge in [0.15, 0.2) is 0 Å². The first-order valence-electron chi connectivity index (χ1n) is 7.44. The Hall–Kier alpha value is -1.65. The van der Waals surface area contributed by atoms with Gasteiger partial charge in [0.2, 0.25) is 0 Å². The monoisotopic (exact) mass is 288 g/mol. The summed E-state index contributed by atoms with van der Waals surface area (Å²) in [5.41, 5.74) is 1.71. The Morgan fingerprint density at radius 2 is 2.05 bits per heavy atom. The molecule has 2 rings (SSSR count). The van der Waals surface area contributed by atoms with E-state index in [2.05, 4.69) is 24.1 Å².